The van der Waals surface area contributed by atoms with E-state index in [-0.39, 0.29) is 22.9 Å². The molecule has 4 rings (SSSR count). The van der Waals surface area contributed by atoms with Gasteiger partial charge in [-0.15, -0.1) is 0 Å². The van der Waals surface area contributed by atoms with Gasteiger partial charge in [-0.1, -0.05) is 0 Å². The zero-order valence-corrected chi connectivity index (χ0v) is 18.5. The number of benzene rings is 2. The molecule has 0 bridgehead atoms. The number of ether oxygens (including phenoxy) is 1. The van der Waals surface area contributed by atoms with E-state index in [0.717, 1.165) is 30.2 Å². The molecule has 0 spiro atoms. The second kappa shape index (κ2) is 8.65. The Morgan fingerprint density at radius 1 is 0.970 bits per heavy atom. The quantitative estimate of drug-likeness (QED) is 0.565. The van der Waals surface area contributed by atoms with Crippen LogP contribution >= 0.6 is 0 Å². The van der Waals surface area contributed by atoms with Crippen molar-refractivity contribution in [3.05, 3.63) is 71.1 Å². The Balaban J connectivity index is 1.62. The van der Waals surface area contributed by atoms with Gasteiger partial charge < -0.3 is 10.1 Å². The number of rotatable bonds is 4. The summed E-state index contributed by atoms with van der Waals surface area (Å²) < 4.78 is 34.2. The number of halogens is 2. The lowest BCUT2D eigenvalue weighted by Gasteiger charge is -2.20. The Morgan fingerprint density at radius 3 is 2.36 bits per heavy atom. The third-order valence-corrected chi connectivity index (χ3v) is 5.08. The zero-order chi connectivity index (χ0) is 23.8. The first-order valence-electron chi connectivity index (χ1n) is 10.6. The smallest absolute Gasteiger partial charge is 0.412 e. The van der Waals surface area contributed by atoms with Crippen LogP contribution in [-0.2, 0) is 17.6 Å². The molecule has 0 saturated carbocycles. The van der Waals surface area contributed by atoms with Gasteiger partial charge in [-0.3, -0.25) is 10.1 Å². The highest BCUT2D eigenvalue weighted by Crippen LogP contribution is 2.30. The summed E-state index contributed by atoms with van der Waals surface area (Å²) in [4.78, 5) is 25.3. The number of carbonyl (C=O) groups excluding carboxylic acids is 2. The highest BCUT2D eigenvalue weighted by atomic mass is 19.1. The maximum Gasteiger partial charge on any atom is 0.412 e. The van der Waals surface area contributed by atoms with E-state index >= 15 is 0 Å². The maximum atomic E-state index is 13.9. The van der Waals surface area contributed by atoms with Crippen molar-refractivity contribution in [3.63, 3.8) is 0 Å². The van der Waals surface area contributed by atoms with Crippen molar-refractivity contribution >= 4 is 23.4 Å². The number of amides is 2. The molecule has 9 heteroatoms. The van der Waals surface area contributed by atoms with E-state index in [0.29, 0.717) is 12.1 Å². The van der Waals surface area contributed by atoms with Gasteiger partial charge >= 0.3 is 6.09 Å². The topological polar surface area (TPSA) is 85.2 Å². The second-order valence-electron chi connectivity index (χ2n) is 8.79. The Labute approximate surface area is 189 Å². The number of fused-ring (bicyclic) bond motifs is 1. The molecule has 2 aromatic carbocycles. The number of nitrogens with zero attached hydrogens (tertiary/aromatic N) is 2. The largest absolute Gasteiger partial charge is 0.444 e. The van der Waals surface area contributed by atoms with Crippen molar-refractivity contribution in [2.75, 3.05) is 10.6 Å². The molecular weight excluding hydrogens is 430 g/mol. The molecule has 1 aliphatic carbocycles. The fraction of sp³-hybridized carbons (Fsp3) is 0.292. The van der Waals surface area contributed by atoms with Crippen molar-refractivity contribution in [2.24, 2.45) is 0 Å². The van der Waals surface area contributed by atoms with Crippen molar-refractivity contribution in [1.82, 2.24) is 9.78 Å². The summed E-state index contributed by atoms with van der Waals surface area (Å²) in [5, 5.41) is 9.66. The van der Waals surface area contributed by atoms with Gasteiger partial charge in [-0.05, 0) is 82.5 Å². The third-order valence-electron chi connectivity index (χ3n) is 5.08. The van der Waals surface area contributed by atoms with Gasteiger partial charge in [0.2, 0.25) is 0 Å². The molecule has 7 nitrogen and oxygen atoms in total. The van der Waals surface area contributed by atoms with Crippen LogP contribution in [0.2, 0.25) is 0 Å². The highest BCUT2D eigenvalue weighted by Gasteiger charge is 2.28. The Morgan fingerprint density at radius 2 is 1.67 bits per heavy atom. The Bertz CT molecular complexity index is 1210. The first-order chi connectivity index (χ1) is 15.6. The van der Waals surface area contributed by atoms with Gasteiger partial charge in [0.1, 0.15) is 17.2 Å². The van der Waals surface area contributed by atoms with E-state index in [1.807, 2.05) is 0 Å². The molecule has 3 aromatic rings. The standard InChI is InChI=1S/C24H24F2N4O3/c1-24(2,3)33-23(32)28-18-12-9-15(26)13-19(18)27-22(31)21-17-5-4-6-20(17)30(29-21)16-10-7-14(25)8-11-16/h7-13H,4-6H2,1-3H3,(H,27,31)(H,28,32). The lowest BCUT2D eigenvalue weighted by molar-refractivity contribution is 0.0635. The fourth-order valence-corrected chi connectivity index (χ4v) is 3.74. The van der Waals surface area contributed by atoms with Crippen LogP contribution in [0.3, 0.4) is 0 Å². The van der Waals surface area contributed by atoms with Gasteiger partial charge in [0.05, 0.1) is 17.1 Å². The van der Waals surface area contributed by atoms with Crippen molar-refractivity contribution in [3.8, 4) is 5.69 Å². The molecular formula is C24H24F2N4O3. The third kappa shape index (κ3) is 5.02. The number of nitrogens with one attached hydrogen (secondary N) is 2. The van der Waals surface area contributed by atoms with Crippen LogP contribution in [0.5, 0.6) is 0 Å². The summed E-state index contributed by atoms with van der Waals surface area (Å²) in [6, 6.07) is 9.48. The maximum absolute atomic E-state index is 13.9. The van der Waals surface area contributed by atoms with Crippen LogP contribution in [-0.4, -0.2) is 27.4 Å². The van der Waals surface area contributed by atoms with Crippen molar-refractivity contribution in [2.45, 2.75) is 45.6 Å². The molecule has 0 saturated heterocycles. The van der Waals surface area contributed by atoms with Crippen LogP contribution in [0.1, 0.15) is 48.9 Å². The lowest BCUT2D eigenvalue weighted by atomic mass is 10.2. The molecule has 2 amide bonds. The average Bonchev–Trinajstić information content (AvgIpc) is 3.32. The molecule has 0 fully saturated rings. The summed E-state index contributed by atoms with van der Waals surface area (Å²) in [6.45, 7) is 5.16. The molecule has 1 aromatic heterocycles. The molecule has 2 N–H and O–H groups in total. The molecule has 0 unspecified atom stereocenters. The summed E-state index contributed by atoms with van der Waals surface area (Å²) in [5.74, 6) is -1.48. The number of hydrogen-bond acceptors (Lipinski definition) is 4. The normalized spacial score (nSPS) is 12.9. The van der Waals surface area contributed by atoms with Gasteiger partial charge in [0.15, 0.2) is 5.69 Å². The molecule has 1 aliphatic rings. The van der Waals surface area contributed by atoms with Gasteiger partial charge in [0, 0.05) is 11.3 Å². The van der Waals surface area contributed by atoms with E-state index in [9.17, 15) is 18.4 Å². The average molecular weight is 454 g/mol. The summed E-state index contributed by atoms with van der Waals surface area (Å²) in [5.41, 5.74) is 2.09. The first-order valence-corrected chi connectivity index (χ1v) is 10.6. The molecule has 0 radical (unpaired) electrons. The van der Waals surface area contributed by atoms with E-state index in [2.05, 4.69) is 15.7 Å². The predicted octanol–water partition coefficient (Wildman–Crippen LogP) is 5.24. The number of anilines is 2. The van der Waals surface area contributed by atoms with Crippen LogP contribution in [0, 0.1) is 11.6 Å². The van der Waals surface area contributed by atoms with Crippen LogP contribution < -0.4 is 10.6 Å². The van der Waals surface area contributed by atoms with E-state index in [4.69, 9.17) is 4.74 Å². The molecule has 172 valence electrons. The molecule has 0 aliphatic heterocycles. The minimum Gasteiger partial charge on any atom is -0.444 e. The molecule has 1 heterocycles. The summed E-state index contributed by atoms with van der Waals surface area (Å²) in [6.07, 6.45) is 1.54. The van der Waals surface area contributed by atoms with E-state index in [1.165, 1.54) is 24.3 Å². The Kier molecular flexibility index (Phi) is 5.88. The number of hydrogen-bond donors (Lipinski definition) is 2. The van der Waals surface area contributed by atoms with Gasteiger partial charge in [0.25, 0.3) is 5.91 Å². The monoisotopic (exact) mass is 454 g/mol. The molecule has 33 heavy (non-hydrogen) atoms. The predicted molar refractivity (Wildman–Crippen MR) is 120 cm³/mol. The number of carbonyl (C=O) groups is 2. The Hall–Kier alpha value is -3.75. The zero-order valence-electron chi connectivity index (χ0n) is 18.5. The van der Waals surface area contributed by atoms with Gasteiger partial charge in [-0.25, -0.2) is 18.3 Å². The van der Waals surface area contributed by atoms with E-state index < -0.39 is 23.4 Å². The minimum absolute atomic E-state index is 0.0777. The summed E-state index contributed by atoms with van der Waals surface area (Å²) >= 11 is 0. The number of aromatic nitrogens is 2. The highest BCUT2D eigenvalue weighted by molar-refractivity contribution is 6.06. The van der Waals surface area contributed by atoms with Crippen LogP contribution in [0.15, 0.2) is 42.5 Å². The fourth-order valence-electron chi connectivity index (χ4n) is 3.74. The minimum atomic E-state index is -0.730. The molecule has 0 atom stereocenters. The van der Waals surface area contributed by atoms with Crippen LogP contribution in [0.25, 0.3) is 5.69 Å². The van der Waals surface area contributed by atoms with E-state index in [1.54, 1.807) is 37.6 Å². The second-order valence-corrected chi connectivity index (χ2v) is 8.79. The van der Waals surface area contributed by atoms with Crippen molar-refractivity contribution < 1.29 is 23.1 Å². The van der Waals surface area contributed by atoms with Crippen molar-refractivity contribution in [1.29, 1.82) is 0 Å². The van der Waals surface area contributed by atoms with Crippen LogP contribution in [0.4, 0.5) is 25.0 Å². The van der Waals surface area contributed by atoms with Gasteiger partial charge in [-0.2, -0.15) is 5.10 Å². The first kappa shape index (κ1) is 22.4. The lowest BCUT2D eigenvalue weighted by Crippen LogP contribution is -2.27. The SMILES string of the molecule is CC(C)(C)OC(=O)Nc1ccc(F)cc1NC(=O)c1nn(-c2ccc(F)cc2)c2c1CCC2. The summed E-state index contributed by atoms with van der Waals surface area (Å²) in [7, 11) is 0.